The Morgan fingerprint density at radius 1 is 0.917 bits per heavy atom. The van der Waals surface area contributed by atoms with Gasteiger partial charge in [0.25, 0.3) is 5.92 Å². The van der Waals surface area contributed by atoms with E-state index in [2.05, 4.69) is 20.2 Å². The number of halogens is 5. The molecule has 182 valence electrons. The minimum Gasteiger partial charge on any atom is -0.287 e. The lowest BCUT2D eigenvalue weighted by Crippen LogP contribution is -2.16. The van der Waals surface area contributed by atoms with Gasteiger partial charge in [-0.1, -0.05) is 18.2 Å². The highest BCUT2D eigenvalue weighted by atomic mass is 19.4. The maximum Gasteiger partial charge on any atom is 0.433 e. The molecule has 0 amide bonds. The number of alkyl halides is 5. The number of pyridine rings is 2. The van der Waals surface area contributed by atoms with Crippen molar-refractivity contribution in [2.24, 2.45) is 0 Å². The Morgan fingerprint density at radius 3 is 2.36 bits per heavy atom. The smallest absolute Gasteiger partial charge is 0.287 e. The van der Waals surface area contributed by atoms with E-state index in [4.69, 9.17) is 0 Å². The van der Waals surface area contributed by atoms with Crippen LogP contribution in [-0.4, -0.2) is 29.5 Å². The average molecular weight is 498 g/mol. The lowest BCUT2D eigenvalue weighted by atomic mass is 10.0. The fraction of sp³-hybridized carbons (Fsp3) is 0.125. The predicted octanol–water partition coefficient (Wildman–Crippen LogP) is 5.16. The molecule has 0 saturated carbocycles. The van der Waals surface area contributed by atoms with Crippen molar-refractivity contribution in [2.45, 2.75) is 19.0 Å². The van der Waals surface area contributed by atoms with Crippen LogP contribution in [0.4, 0.5) is 22.0 Å². The molecular weight excluding hydrogens is 483 g/mol. The maximum atomic E-state index is 14.3. The van der Waals surface area contributed by atoms with Crippen molar-refractivity contribution in [1.29, 1.82) is 0 Å². The second-order valence-corrected chi connectivity index (χ2v) is 7.92. The molecule has 7 nitrogen and oxygen atoms in total. The molecule has 5 rings (SSSR count). The molecule has 0 atom stereocenters. The summed E-state index contributed by atoms with van der Waals surface area (Å²) in [5.41, 5.74) is -2.72. The van der Waals surface area contributed by atoms with Gasteiger partial charge < -0.3 is 0 Å². The number of hydrogen-bond acceptors (Lipinski definition) is 5. The summed E-state index contributed by atoms with van der Waals surface area (Å²) >= 11 is 0. The second kappa shape index (κ2) is 8.33. The van der Waals surface area contributed by atoms with E-state index >= 15 is 0 Å². The third-order valence-corrected chi connectivity index (χ3v) is 5.43. The van der Waals surface area contributed by atoms with Crippen molar-refractivity contribution in [3.63, 3.8) is 0 Å². The first-order valence-corrected chi connectivity index (χ1v) is 10.5. The number of aromatic nitrogens is 6. The van der Waals surface area contributed by atoms with Crippen LogP contribution in [0.5, 0.6) is 0 Å². The minimum atomic E-state index is -4.93. The number of hydrogen-bond donors (Lipinski definition) is 0. The SMILES string of the molecule is CC(F)(F)c1cccc2c(-n3nccc3-c3nn(-c4ccncc4)ccc3=O)cc(C(F)(F)F)nc12. The molecule has 0 radical (unpaired) electrons. The Balaban J connectivity index is 1.79. The number of benzene rings is 1. The quantitative estimate of drug-likeness (QED) is 0.320. The highest BCUT2D eigenvalue weighted by Crippen LogP contribution is 2.38. The molecule has 4 aromatic heterocycles. The van der Waals surface area contributed by atoms with Crippen molar-refractivity contribution in [2.75, 3.05) is 0 Å². The Hall–Kier alpha value is -4.48. The van der Waals surface area contributed by atoms with E-state index in [9.17, 15) is 26.7 Å². The Kier molecular flexibility index (Phi) is 5.38. The molecule has 0 saturated heterocycles. The van der Waals surface area contributed by atoms with Gasteiger partial charge in [-0.3, -0.25) is 9.78 Å². The van der Waals surface area contributed by atoms with Crippen LogP contribution >= 0.6 is 0 Å². The van der Waals surface area contributed by atoms with Gasteiger partial charge in [0.2, 0.25) is 5.43 Å². The van der Waals surface area contributed by atoms with Gasteiger partial charge in [-0.05, 0) is 24.3 Å². The first-order valence-electron chi connectivity index (χ1n) is 10.5. The maximum absolute atomic E-state index is 14.3. The van der Waals surface area contributed by atoms with Crippen LogP contribution in [0, 0.1) is 0 Å². The van der Waals surface area contributed by atoms with E-state index in [0.717, 1.165) is 10.7 Å². The third-order valence-electron chi connectivity index (χ3n) is 5.43. The summed E-state index contributed by atoms with van der Waals surface area (Å²) < 4.78 is 72.3. The van der Waals surface area contributed by atoms with Gasteiger partial charge in [-0.25, -0.2) is 23.1 Å². The standard InChI is InChI=1S/C24H15F5N6O/c1-23(25,26)16-4-2-3-15-18(13-20(24(27,28)29)32-21(15)16)35-17(7-11-31-35)22-19(36)8-12-34(33-22)14-5-9-30-10-6-14/h2-13H,1H3. The molecule has 5 aromatic rings. The average Bonchev–Trinajstić information content (AvgIpc) is 3.32. The summed E-state index contributed by atoms with van der Waals surface area (Å²) in [5.74, 6) is -3.46. The zero-order valence-electron chi connectivity index (χ0n) is 18.4. The predicted molar refractivity (Wildman–Crippen MR) is 120 cm³/mol. The Labute approximate surface area is 199 Å². The van der Waals surface area contributed by atoms with Crippen molar-refractivity contribution in [3.8, 4) is 22.8 Å². The molecule has 4 heterocycles. The number of rotatable bonds is 4. The molecule has 0 aliphatic heterocycles. The summed E-state index contributed by atoms with van der Waals surface area (Å²) in [6.45, 7) is 0.582. The number of nitrogens with zero attached hydrogens (tertiary/aromatic N) is 6. The molecule has 0 spiro atoms. The molecule has 0 aliphatic rings. The van der Waals surface area contributed by atoms with Gasteiger partial charge in [0.15, 0.2) is 5.69 Å². The molecule has 0 bridgehead atoms. The van der Waals surface area contributed by atoms with Gasteiger partial charge in [0.05, 0.1) is 28.8 Å². The van der Waals surface area contributed by atoms with Gasteiger partial charge in [0, 0.05) is 42.5 Å². The van der Waals surface area contributed by atoms with Gasteiger partial charge in [-0.2, -0.15) is 23.4 Å². The van der Waals surface area contributed by atoms with Crippen LogP contribution in [0.25, 0.3) is 33.7 Å². The topological polar surface area (TPSA) is 78.5 Å². The summed E-state index contributed by atoms with van der Waals surface area (Å²) in [6.07, 6.45) is 0.842. The van der Waals surface area contributed by atoms with Crippen LogP contribution in [0.1, 0.15) is 18.2 Å². The Bertz CT molecular complexity index is 1640. The molecule has 0 aliphatic carbocycles. The van der Waals surface area contributed by atoms with Gasteiger partial charge in [-0.15, -0.1) is 0 Å². The highest BCUT2D eigenvalue weighted by molar-refractivity contribution is 5.91. The van der Waals surface area contributed by atoms with E-state index in [-0.39, 0.29) is 22.5 Å². The number of fused-ring (bicyclic) bond motifs is 1. The largest absolute Gasteiger partial charge is 0.433 e. The number of para-hydroxylation sites is 1. The lowest BCUT2D eigenvalue weighted by molar-refractivity contribution is -0.141. The molecular formula is C24H15F5N6O. The molecule has 0 unspecified atom stereocenters. The fourth-order valence-corrected chi connectivity index (χ4v) is 3.81. The van der Waals surface area contributed by atoms with Crippen molar-refractivity contribution in [3.05, 3.63) is 94.8 Å². The fourth-order valence-electron chi connectivity index (χ4n) is 3.81. The van der Waals surface area contributed by atoms with Crippen molar-refractivity contribution >= 4 is 10.9 Å². The molecule has 0 N–H and O–H groups in total. The van der Waals surface area contributed by atoms with E-state index in [1.165, 1.54) is 53.7 Å². The lowest BCUT2D eigenvalue weighted by Gasteiger charge is -2.18. The van der Waals surface area contributed by atoms with Crippen LogP contribution in [0.2, 0.25) is 0 Å². The zero-order chi connectivity index (χ0) is 25.7. The van der Waals surface area contributed by atoms with E-state index in [1.807, 2.05) is 0 Å². The van der Waals surface area contributed by atoms with Crippen molar-refractivity contribution in [1.82, 2.24) is 29.5 Å². The zero-order valence-corrected chi connectivity index (χ0v) is 18.4. The van der Waals surface area contributed by atoms with Crippen molar-refractivity contribution < 1.29 is 22.0 Å². The molecule has 36 heavy (non-hydrogen) atoms. The summed E-state index contributed by atoms with van der Waals surface area (Å²) in [6, 6.07) is 10.4. The highest BCUT2D eigenvalue weighted by Gasteiger charge is 2.36. The normalized spacial score (nSPS) is 12.3. The van der Waals surface area contributed by atoms with E-state index in [1.54, 1.807) is 12.1 Å². The van der Waals surface area contributed by atoms with Crippen LogP contribution in [-0.2, 0) is 12.1 Å². The minimum absolute atomic E-state index is 0.00244. The second-order valence-electron chi connectivity index (χ2n) is 7.92. The first kappa shape index (κ1) is 23.3. The Morgan fingerprint density at radius 2 is 1.67 bits per heavy atom. The van der Waals surface area contributed by atoms with Crippen LogP contribution in [0.3, 0.4) is 0 Å². The summed E-state index contributed by atoms with van der Waals surface area (Å²) in [5, 5.41) is 8.44. The first-order chi connectivity index (χ1) is 17.0. The van der Waals surface area contributed by atoms with Crippen LogP contribution in [0.15, 0.2) is 78.1 Å². The van der Waals surface area contributed by atoms with Gasteiger partial charge >= 0.3 is 6.18 Å². The van der Waals surface area contributed by atoms with Crippen LogP contribution < -0.4 is 5.43 Å². The molecule has 1 aromatic carbocycles. The molecule has 12 heteroatoms. The van der Waals surface area contributed by atoms with E-state index in [0.29, 0.717) is 18.7 Å². The summed E-state index contributed by atoms with van der Waals surface area (Å²) in [4.78, 5) is 20.2. The molecule has 0 fully saturated rings. The van der Waals surface area contributed by atoms with E-state index < -0.39 is 34.3 Å². The summed E-state index contributed by atoms with van der Waals surface area (Å²) in [7, 11) is 0. The van der Waals surface area contributed by atoms with Gasteiger partial charge in [0.1, 0.15) is 5.69 Å². The third kappa shape index (κ3) is 4.10. The monoisotopic (exact) mass is 498 g/mol.